The number of rotatable bonds is 5. The molecule has 6 heteroatoms. The first-order chi connectivity index (χ1) is 9.08. The van der Waals surface area contributed by atoms with Crippen molar-refractivity contribution in [3.8, 4) is 11.5 Å². The molecule has 4 nitrogen and oxygen atoms in total. The van der Waals surface area contributed by atoms with Crippen LogP contribution in [0.3, 0.4) is 0 Å². The van der Waals surface area contributed by atoms with Crippen molar-refractivity contribution in [3.05, 3.63) is 18.2 Å². The van der Waals surface area contributed by atoms with Crippen LogP contribution in [0.1, 0.15) is 19.3 Å². The van der Waals surface area contributed by atoms with Crippen LogP contribution >= 0.6 is 0 Å². The molecule has 2 rings (SSSR count). The minimum absolute atomic E-state index is 0.122. The molecule has 2 atom stereocenters. The number of methoxy groups -OCH3 is 1. The Bertz CT molecular complexity index is 429. The Morgan fingerprint density at radius 1 is 1.37 bits per heavy atom. The lowest BCUT2D eigenvalue weighted by atomic mass is 10.2. The predicted molar refractivity (Wildman–Crippen MR) is 68.9 cm³/mol. The zero-order valence-electron chi connectivity index (χ0n) is 10.7. The van der Waals surface area contributed by atoms with Crippen LogP contribution in [-0.2, 0) is 0 Å². The highest BCUT2D eigenvalue weighted by atomic mass is 19.3. The summed E-state index contributed by atoms with van der Waals surface area (Å²) in [6.45, 7) is -2.85. The Balaban J connectivity index is 2.14. The lowest BCUT2D eigenvalue weighted by molar-refractivity contribution is -0.0494. The third-order valence-electron chi connectivity index (χ3n) is 3.24. The lowest BCUT2D eigenvalue weighted by Gasteiger charge is -2.18. The molecule has 0 saturated heterocycles. The molecule has 1 saturated carbocycles. The molecule has 0 aliphatic heterocycles. The Labute approximate surface area is 110 Å². The fourth-order valence-corrected chi connectivity index (χ4v) is 2.32. The van der Waals surface area contributed by atoms with Crippen molar-refractivity contribution in [3.63, 3.8) is 0 Å². The number of nitrogens with two attached hydrogens (primary N) is 1. The summed E-state index contributed by atoms with van der Waals surface area (Å²) in [5.74, 6) is 0.711. The molecular formula is C13H18F2N2O2. The van der Waals surface area contributed by atoms with Gasteiger partial charge in [-0.1, -0.05) is 0 Å². The van der Waals surface area contributed by atoms with Gasteiger partial charge in [-0.05, 0) is 31.4 Å². The predicted octanol–water partition coefficient (Wildman–Crippen LogP) is 2.59. The maximum Gasteiger partial charge on any atom is 0.387 e. The molecule has 0 aromatic heterocycles. The van der Waals surface area contributed by atoms with Gasteiger partial charge in [-0.15, -0.1) is 0 Å². The van der Waals surface area contributed by atoms with Crippen LogP contribution in [0, 0.1) is 0 Å². The molecule has 1 aromatic rings. The van der Waals surface area contributed by atoms with Crippen LogP contribution in [0.25, 0.3) is 0 Å². The van der Waals surface area contributed by atoms with Crippen LogP contribution < -0.4 is 20.5 Å². The number of nitrogens with one attached hydrogen (secondary N) is 1. The van der Waals surface area contributed by atoms with E-state index in [1.54, 1.807) is 12.1 Å². The van der Waals surface area contributed by atoms with E-state index in [-0.39, 0.29) is 17.8 Å². The van der Waals surface area contributed by atoms with E-state index in [0.29, 0.717) is 11.4 Å². The first kappa shape index (κ1) is 13.9. The SMILES string of the molecule is COc1ccc(OC(F)F)c(NC2CCC(N)C2)c1. The maximum absolute atomic E-state index is 12.4. The van der Waals surface area contributed by atoms with E-state index in [4.69, 9.17) is 10.5 Å². The first-order valence-electron chi connectivity index (χ1n) is 6.23. The largest absolute Gasteiger partial charge is 0.497 e. The van der Waals surface area contributed by atoms with E-state index in [0.717, 1.165) is 19.3 Å². The number of halogens is 2. The van der Waals surface area contributed by atoms with Crippen LogP contribution in [0.15, 0.2) is 18.2 Å². The van der Waals surface area contributed by atoms with Crippen LogP contribution in [-0.4, -0.2) is 25.8 Å². The van der Waals surface area contributed by atoms with E-state index < -0.39 is 6.61 Å². The van der Waals surface area contributed by atoms with Gasteiger partial charge in [0.05, 0.1) is 12.8 Å². The molecule has 1 aromatic carbocycles. The molecule has 0 amide bonds. The molecule has 0 heterocycles. The molecule has 19 heavy (non-hydrogen) atoms. The summed E-state index contributed by atoms with van der Waals surface area (Å²) < 4.78 is 34.3. The van der Waals surface area contributed by atoms with E-state index in [1.807, 2.05) is 0 Å². The summed E-state index contributed by atoms with van der Waals surface area (Å²) in [6, 6.07) is 5.07. The van der Waals surface area contributed by atoms with Gasteiger partial charge < -0.3 is 20.5 Å². The van der Waals surface area contributed by atoms with Crippen molar-refractivity contribution in [2.24, 2.45) is 5.73 Å². The van der Waals surface area contributed by atoms with Crippen molar-refractivity contribution in [1.29, 1.82) is 0 Å². The monoisotopic (exact) mass is 272 g/mol. The molecule has 0 bridgehead atoms. The van der Waals surface area contributed by atoms with Gasteiger partial charge in [0.2, 0.25) is 0 Å². The van der Waals surface area contributed by atoms with Crippen LogP contribution in [0.4, 0.5) is 14.5 Å². The van der Waals surface area contributed by atoms with Gasteiger partial charge in [-0.3, -0.25) is 0 Å². The summed E-state index contributed by atoms with van der Waals surface area (Å²) in [5.41, 5.74) is 6.35. The molecule has 2 unspecified atom stereocenters. The van der Waals surface area contributed by atoms with Crippen molar-refractivity contribution >= 4 is 5.69 Å². The van der Waals surface area contributed by atoms with Crippen LogP contribution in [0.2, 0.25) is 0 Å². The highest BCUT2D eigenvalue weighted by Gasteiger charge is 2.23. The van der Waals surface area contributed by atoms with E-state index in [1.165, 1.54) is 13.2 Å². The third-order valence-corrected chi connectivity index (χ3v) is 3.24. The highest BCUT2D eigenvalue weighted by Crippen LogP contribution is 2.33. The Morgan fingerprint density at radius 3 is 2.74 bits per heavy atom. The normalized spacial score (nSPS) is 22.6. The van der Waals surface area contributed by atoms with Crippen molar-refractivity contribution < 1.29 is 18.3 Å². The second kappa shape index (κ2) is 6.06. The quantitative estimate of drug-likeness (QED) is 0.865. The summed E-state index contributed by atoms with van der Waals surface area (Å²) >= 11 is 0. The smallest absolute Gasteiger partial charge is 0.387 e. The average Bonchev–Trinajstić information content (AvgIpc) is 2.76. The number of hydrogen-bond donors (Lipinski definition) is 2. The Morgan fingerprint density at radius 2 is 2.16 bits per heavy atom. The van der Waals surface area contributed by atoms with Crippen molar-refractivity contribution in [1.82, 2.24) is 0 Å². The van der Waals surface area contributed by atoms with E-state index >= 15 is 0 Å². The number of benzene rings is 1. The van der Waals surface area contributed by atoms with E-state index in [2.05, 4.69) is 10.1 Å². The number of alkyl halides is 2. The number of anilines is 1. The maximum atomic E-state index is 12.4. The average molecular weight is 272 g/mol. The fourth-order valence-electron chi connectivity index (χ4n) is 2.32. The standard InChI is InChI=1S/C13H18F2N2O2/c1-18-10-4-5-12(19-13(14)15)11(7-10)17-9-3-2-8(16)6-9/h4-5,7-9,13,17H,2-3,6,16H2,1H3. The molecule has 1 aliphatic carbocycles. The molecule has 0 radical (unpaired) electrons. The van der Waals surface area contributed by atoms with E-state index in [9.17, 15) is 8.78 Å². The molecule has 0 spiro atoms. The fraction of sp³-hybridized carbons (Fsp3) is 0.538. The van der Waals surface area contributed by atoms with Gasteiger partial charge in [0.15, 0.2) is 0 Å². The van der Waals surface area contributed by atoms with Gasteiger partial charge in [0.25, 0.3) is 0 Å². The molecule has 1 fully saturated rings. The second-order valence-corrected chi connectivity index (χ2v) is 4.65. The molecule has 1 aliphatic rings. The Hall–Kier alpha value is -1.56. The number of hydrogen-bond acceptors (Lipinski definition) is 4. The van der Waals surface area contributed by atoms with Crippen LogP contribution in [0.5, 0.6) is 11.5 Å². The van der Waals surface area contributed by atoms with Crippen molar-refractivity contribution in [2.75, 3.05) is 12.4 Å². The first-order valence-corrected chi connectivity index (χ1v) is 6.23. The third kappa shape index (κ3) is 3.70. The summed E-state index contributed by atoms with van der Waals surface area (Å²) in [4.78, 5) is 0. The van der Waals surface area contributed by atoms with Gasteiger partial charge in [0, 0.05) is 18.2 Å². The molecule has 106 valence electrons. The minimum Gasteiger partial charge on any atom is -0.497 e. The lowest BCUT2D eigenvalue weighted by Crippen LogP contribution is -2.21. The summed E-state index contributed by atoms with van der Waals surface area (Å²) in [5, 5.41) is 3.20. The number of ether oxygens (including phenoxy) is 2. The van der Waals surface area contributed by atoms with Crippen molar-refractivity contribution in [2.45, 2.75) is 38.0 Å². The second-order valence-electron chi connectivity index (χ2n) is 4.65. The topological polar surface area (TPSA) is 56.5 Å². The van der Waals surface area contributed by atoms with Gasteiger partial charge in [-0.25, -0.2) is 0 Å². The van der Waals surface area contributed by atoms with Gasteiger partial charge in [-0.2, -0.15) is 8.78 Å². The van der Waals surface area contributed by atoms with Gasteiger partial charge in [0.1, 0.15) is 11.5 Å². The molecular weight excluding hydrogens is 254 g/mol. The highest BCUT2D eigenvalue weighted by molar-refractivity contribution is 5.60. The molecule has 3 N–H and O–H groups in total. The summed E-state index contributed by atoms with van der Waals surface area (Å²) in [7, 11) is 1.53. The zero-order chi connectivity index (χ0) is 13.8. The van der Waals surface area contributed by atoms with Gasteiger partial charge >= 0.3 is 6.61 Å². The zero-order valence-corrected chi connectivity index (χ0v) is 10.7. The summed E-state index contributed by atoms with van der Waals surface area (Å²) in [6.07, 6.45) is 2.69. The minimum atomic E-state index is -2.85. The Kier molecular flexibility index (Phi) is 4.42.